The molecule has 0 unspecified atom stereocenters. The molecular weight excluding hydrogens is 242 g/mol. The van der Waals surface area contributed by atoms with E-state index in [4.69, 9.17) is 6.42 Å². The van der Waals surface area contributed by atoms with E-state index in [-0.39, 0.29) is 5.69 Å². The number of non-ortho nitro benzene ring substituents is 1. The highest BCUT2D eigenvalue weighted by Crippen LogP contribution is 2.09. The Morgan fingerprint density at radius 1 is 1.05 bits per heavy atom. The first-order valence-corrected chi connectivity index (χ1v) is 5.38. The molecule has 94 valence electrons. The maximum absolute atomic E-state index is 10.1. The van der Waals surface area contributed by atoms with Crippen molar-refractivity contribution in [1.29, 1.82) is 0 Å². The zero-order chi connectivity index (χ0) is 14.1. The van der Waals surface area contributed by atoms with E-state index in [9.17, 15) is 14.9 Å². The van der Waals surface area contributed by atoms with E-state index in [1.165, 1.54) is 24.3 Å². The summed E-state index contributed by atoms with van der Waals surface area (Å²) < 4.78 is 0. The normalized spacial score (nSPS) is 8.58. The second-order valence-electron chi connectivity index (χ2n) is 3.48. The quantitative estimate of drug-likeness (QED) is 0.357. The van der Waals surface area contributed by atoms with Gasteiger partial charge in [-0.15, -0.1) is 6.42 Å². The highest BCUT2D eigenvalue weighted by atomic mass is 16.6. The van der Waals surface area contributed by atoms with E-state index in [1.54, 1.807) is 0 Å². The molecule has 19 heavy (non-hydrogen) atoms. The van der Waals surface area contributed by atoms with Crippen molar-refractivity contribution in [2.75, 3.05) is 0 Å². The van der Waals surface area contributed by atoms with Crippen LogP contribution in [0.3, 0.4) is 0 Å². The average molecular weight is 253 g/mol. The van der Waals surface area contributed by atoms with Gasteiger partial charge in [-0.05, 0) is 24.3 Å². The maximum atomic E-state index is 10.1. The van der Waals surface area contributed by atoms with Gasteiger partial charge in [-0.2, -0.15) is 0 Å². The molecule has 0 aromatic heterocycles. The number of carbonyl (C=O) groups excluding carboxylic acids is 1. The lowest BCUT2D eigenvalue weighted by Gasteiger charge is -1.89. The molecule has 0 saturated heterocycles. The minimum atomic E-state index is -0.505. The molecule has 0 N–H and O–H groups in total. The Hall–Kier alpha value is -2.93. The predicted octanol–water partition coefficient (Wildman–Crippen LogP) is 3.08. The van der Waals surface area contributed by atoms with Crippen LogP contribution in [0.5, 0.6) is 0 Å². The third-order valence-electron chi connectivity index (χ3n) is 2.18. The second-order valence-corrected chi connectivity index (χ2v) is 3.48. The Balaban J connectivity index is 0.000000200. The van der Waals surface area contributed by atoms with Gasteiger partial charge >= 0.3 is 0 Å². The van der Waals surface area contributed by atoms with Crippen LogP contribution in [0, 0.1) is 22.5 Å². The molecule has 0 fully saturated rings. The molecule has 0 saturated carbocycles. The lowest BCUT2D eigenvalue weighted by molar-refractivity contribution is -0.384. The molecule has 0 amide bonds. The SMILES string of the molecule is C#Cc1ccccc1.O=Cc1ccc([N+](=O)[O-])cc1. The van der Waals surface area contributed by atoms with Crippen LogP contribution in [0.4, 0.5) is 5.69 Å². The molecule has 0 aliphatic carbocycles. The first-order chi connectivity index (χ1) is 9.17. The largest absolute Gasteiger partial charge is 0.298 e. The van der Waals surface area contributed by atoms with Gasteiger partial charge in [0.15, 0.2) is 0 Å². The van der Waals surface area contributed by atoms with Crippen LogP contribution < -0.4 is 0 Å². The lowest BCUT2D eigenvalue weighted by atomic mass is 10.2. The van der Waals surface area contributed by atoms with E-state index >= 15 is 0 Å². The maximum Gasteiger partial charge on any atom is 0.269 e. The fourth-order valence-corrected chi connectivity index (χ4v) is 1.21. The number of aldehydes is 1. The summed E-state index contributed by atoms with van der Waals surface area (Å²) in [5, 5.41) is 10.1. The Morgan fingerprint density at radius 3 is 2.00 bits per heavy atom. The molecule has 2 rings (SSSR count). The predicted molar refractivity (Wildman–Crippen MR) is 72.9 cm³/mol. The number of benzene rings is 2. The summed E-state index contributed by atoms with van der Waals surface area (Å²) in [5.41, 5.74) is 1.37. The van der Waals surface area contributed by atoms with Gasteiger partial charge in [0, 0.05) is 23.3 Å². The van der Waals surface area contributed by atoms with Crippen molar-refractivity contribution < 1.29 is 9.72 Å². The topological polar surface area (TPSA) is 60.2 Å². The summed E-state index contributed by atoms with van der Waals surface area (Å²) >= 11 is 0. The van der Waals surface area contributed by atoms with Gasteiger partial charge in [0.1, 0.15) is 6.29 Å². The molecule has 2 aromatic carbocycles. The average Bonchev–Trinajstić information content (AvgIpc) is 2.48. The monoisotopic (exact) mass is 253 g/mol. The fourth-order valence-electron chi connectivity index (χ4n) is 1.21. The van der Waals surface area contributed by atoms with E-state index in [2.05, 4.69) is 5.92 Å². The third kappa shape index (κ3) is 4.84. The first-order valence-electron chi connectivity index (χ1n) is 5.38. The number of rotatable bonds is 2. The van der Waals surface area contributed by atoms with Crippen molar-refractivity contribution in [3.8, 4) is 12.3 Å². The molecule has 0 spiro atoms. The second kappa shape index (κ2) is 7.41. The van der Waals surface area contributed by atoms with Gasteiger partial charge < -0.3 is 0 Å². The molecule has 0 radical (unpaired) electrons. The van der Waals surface area contributed by atoms with Crippen LogP contribution in [0.1, 0.15) is 15.9 Å². The summed E-state index contributed by atoms with van der Waals surface area (Å²) in [4.78, 5) is 19.7. The molecule has 2 aromatic rings. The molecule has 0 aliphatic heterocycles. The molecule has 0 atom stereocenters. The number of nitrogens with zero attached hydrogens (tertiary/aromatic N) is 1. The van der Waals surface area contributed by atoms with Crippen LogP contribution >= 0.6 is 0 Å². The summed E-state index contributed by atoms with van der Waals surface area (Å²) in [5.74, 6) is 2.53. The number of terminal acetylenes is 1. The van der Waals surface area contributed by atoms with Crippen molar-refractivity contribution in [3.05, 3.63) is 75.8 Å². The van der Waals surface area contributed by atoms with Gasteiger partial charge in [0.05, 0.1) is 4.92 Å². The van der Waals surface area contributed by atoms with E-state index in [0.29, 0.717) is 11.8 Å². The van der Waals surface area contributed by atoms with E-state index in [0.717, 1.165) is 5.56 Å². The van der Waals surface area contributed by atoms with Crippen molar-refractivity contribution in [3.63, 3.8) is 0 Å². The summed E-state index contributed by atoms with van der Waals surface area (Å²) in [6.07, 6.45) is 5.74. The van der Waals surface area contributed by atoms with Crippen molar-refractivity contribution in [1.82, 2.24) is 0 Å². The summed E-state index contributed by atoms with van der Waals surface area (Å²) in [7, 11) is 0. The van der Waals surface area contributed by atoms with Crippen LogP contribution in [0.15, 0.2) is 54.6 Å². The highest BCUT2D eigenvalue weighted by Gasteiger charge is 2.02. The minimum absolute atomic E-state index is 0.00407. The number of hydrogen-bond acceptors (Lipinski definition) is 3. The number of carbonyl (C=O) groups is 1. The van der Waals surface area contributed by atoms with Gasteiger partial charge in [-0.3, -0.25) is 14.9 Å². The number of nitro groups is 1. The third-order valence-corrected chi connectivity index (χ3v) is 2.18. The van der Waals surface area contributed by atoms with Crippen LogP contribution in [-0.4, -0.2) is 11.2 Å². The van der Waals surface area contributed by atoms with E-state index in [1.807, 2.05) is 30.3 Å². The van der Waals surface area contributed by atoms with Gasteiger partial charge in [0.25, 0.3) is 5.69 Å². The summed E-state index contributed by atoms with van der Waals surface area (Å²) in [6, 6.07) is 15.0. The molecular formula is C15H11NO3. The summed E-state index contributed by atoms with van der Waals surface area (Å²) in [6.45, 7) is 0. The Labute approximate surface area is 110 Å². The smallest absolute Gasteiger partial charge is 0.269 e. The zero-order valence-electron chi connectivity index (χ0n) is 10.0. The number of nitro benzene ring substituents is 1. The Morgan fingerprint density at radius 2 is 1.63 bits per heavy atom. The Kier molecular flexibility index (Phi) is 5.51. The molecule has 0 bridgehead atoms. The fraction of sp³-hybridized carbons (Fsp3) is 0. The van der Waals surface area contributed by atoms with Crippen LogP contribution in [0.2, 0.25) is 0 Å². The molecule has 0 aliphatic rings. The zero-order valence-corrected chi connectivity index (χ0v) is 10.0. The molecule has 4 heteroatoms. The van der Waals surface area contributed by atoms with Crippen molar-refractivity contribution >= 4 is 12.0 Å². The van der Waals surface area contributed by atoms with Gasteiger partial charge in [-0.25, -0.2) is 0 Å². The minimum Gasteiger partial charge on any atom is -0.298 e. The first kappa shape index (κ1) is 14.1. The lowest BCUT2D eigenvalue weighted by Crippen LogP contribution is -1.87. The molecule has 0 heterocycles. The standard InChI is InChI=1S/C8H6.C7H5NO3/c1-2-8-6-4-3-5-7-8;9-5-6-1-3-7(4-2-6)8(10)11/h1,3-7H;1-5H. The van der Waals surface area contributed by atoms with Crippen LogP contribution in [-0.2, 0) is 0 Å². The van der Waals surface area contributed by atoms with Crippen molar-refractivity contribution in [2.45, 2.75) is 0 Å². The Bertz CT molecular complexity index is 583. The number of hydrogen-bond donors (Lipinski definition) is 0. The van der Waals surface area contributed by atoms with Crippen molar-refractivity contribution in [2.24, 2.45) is 0 Å². The van der Waals surface area contributed by atoms with E-state index < -0.39 is 4.92 Å². The van der Waals surface area contributed by atoms with Gasteiger partial charge in [0.2, 0.25) is 0 Å². The van der Waals surface area contributed by atoms with Crippen LogP contribution in [0.25, 0.3) is 0 Å². The van der Waals surface area contributed by atoms with Gasteiger partial charge in [-0.1, -0.05) is 24.1 Å². The highest BCUT2D eigenvalue weighted by molar-refractivity contribution is 5.75. The molecule has 4 nitrogen and oxygen atoms in total.